The lowest BCUT2D eigenvalue weighted by Gasteiger charge is -2.06. The molecule has 0 spiro atoms. The van der Waals surface area contributed by atoms with Crippen molar-refractivity contribution in [2.24, 2.45) is 0 Å². The molecule has 0 bridgehead atoms. The quantitative estimate of drug-likeness (QED) is 0.619. The van der Waals surface area contributed by atoms with Crippen molar-refractivity contribution in [3.8, 4) is 11.8 Å². The van der Waals surface area contributed by atoms with E-state index in [1.807, 2.05) is 6.07 Å². The minimum atomic E-state index is -0.623. The molecule has 2 aromatic rings. The van der Waals surface area contributed by atoms with Crippen LogP contribution < -0.4 is 4.74 Å². The molecule has 3 nitrogen and oxygen atoms in total. The van der Waals surface area contributed by atoms with Crippen molar-refractivity contribution in [2.75, 3.05) is 0 Å². The Balaban J connectivity index is 2.26. The van der Waals surface area contributed by atoms with Crippen LogP contribution in [0.1, 0.15) is 15.9 Å². The first-order valence-corrected chi connectivity index (χ1v) is 6.04. The maximum atomic E-state index is 11.9. The van der Waals surface area contributed by atoms with Gasteiger partial charge in [-0.05, 0) is 30.3 Å². The van der Waals surface area contributed by atoms with E-state index in [0.717, 1.165) is 0 Å². The summed E-state index contributed by atoms with van der Waals surface area (Å²) in [6.07, 6.45) is 0. The van der Waals surface area contributed by atoms with Crippen LogP contribution in [0.5, 0.6) is 5.75 Å². The van der Waals surface area contributed by atoms with Crippen LogP contribution in [0, 0.1) is 11.3 Å². The van der Waals surface area contributed by atoms with Crippen molar-refractivity contribution < 1.29 is 9.53 Å². The van der Waals surface area contributed by atoms with E-state index in [-0.39, 0.29) is 21.4 Å². The summed E-state index contributed by atoms with van der Waals surface area (Å²) >= 11 is 11.8. The molecule has 0 aliphatic rings. The second kappa shape index (κ2) is 5.75. The summed E-state index contributed by atoms with van der Waals surface area (Å²) in [5, 5.41) is 9.19. The summed E-state index contributed by atoms with van der Waals surface area (Å²) in [5.74, 6) is -0.345. The SMILES string of the molecule is N#Cc1cccc(OC(=O)c2cccc(Cl)c2Cl)c1. The third-order valence-electron chi connectivity index (χ3n) is 2.35. The van der Waals surface area contributed by atoms with Gasteiger partial charge in [-0.3, -0.25) is 0 Å². The van der Waals surface area contributed by atoms with Crippen LogP contribution in [0.2, 0.25) is 10.0 Å². The molecule has 19 heavy (non-hydrogen) atoms. The number of hydrogen-bond acceptors (Lipinski definition) is 3. The molecule has 94 valence electrons. The second-order valence-corrected chi connectivity index (χ2v) is 4.42. The largest absolute Gasteiger partial charge is 0.423 e. The standard InChI is InChI=1S/C14H7Cl2NO2/c15-12-6-2-5-11(13(12)16)14(18)19-10-4-1-3-9(7-10)8-17/h1-7H. The van der Waals surface area contributed by atoms with Gasteiger partial charge in [-0.25, -0.2) is 4.79 Å². The van der Waals surface area contributed by atoms with Crippen molar-refractivity contribution in [1.29, 1.82) is 5.26 Å². The number of halogens is 2. The van der Waals surface area contributed by atoms with Gasteiger partial charge in [0.25, 0.3) is 0 Å². The fourth-order valence-electron chi connectivity index (χ4n) is 1.45. The Kier molecular flexibility index (Phi) is 4.06. The number of ether oxygens (including phenoxy) is 1. The van der Waals surface area contributed by atoms with Gasteiger partial charge in [-0.15, -0.1) is 0 Å². The Morgan fingerprint density at radius 2 is 1.89 bits per heavy atom. The normalized spacial score (nSPS) is 9.74. The summed E-state index contributed by atoms with van der Waals surface area (Å²) in [4.78, 5) is 11.9. The van der Waals surface area contributed by atoms with Crippen molar-refractivity contribution in [1.82, 2.24) is 0 Å². The van der Waals surface area contributed by atoms with Crippen LogP contribution in [0.4, 0.5) is 0 Å². The molecule has 0 heterocycles. The molecule has 0 radical (unpaired) electrons. The number of nitriles is 1. The van der Waals surface area contributed by atoms with Crippen LogP contribution in [-0.4, -0.2) is 5.97 Å². The van der Waals surface area contributed by atoms with E-state index >= 15 is 0 Å². The van der Waals surface area contributed by atoms with Crippen molar-refractivity contribution in [2.45, 2.75) is 0 Å². The lowest BCUT2D eigenvalue weighted by molar-refractivity contribution is 0.0735. The van der Waals surface area contributed by atoms with Gasteiger partial charge < -0.3 is 4.74 Å². The molecule has 0 atom stereocenters. The average molecular weight is 292 g/mol. The van der Waals surface area contributed by atoms with E-state index in [1.165, 1.54) is 12.1 Å². The Bertz CT molecular complexity index is 677. The maximum absolute atomic E-state index is 11.9. The fraction of sp³-hybridized carbons (Fsp3) is 0. The van der Waals surface area contributed by atoms with Gasteiger partial charge in [0.05, 0.1) is 27.2 Å². The fourth-order valence-corrected chi connectivity index (χ4v) is 1.83. The predicted molar refractivity (Wildman–Crippen MR) is 72.6 cm³/mol. The molecule has 0 aliphatic carbocycles. The first kappa shape index (κ1) is 13.4. The minimum Gasteiger partial charge on any atom is -0.423 e. The van der Waals surface area contributed by atoms with Gasteiger partial charge in [0.1, 0.15) is 5.75 Å². The van der Waals surface area contributed by atoms with Gasteiger partial charge in [0.2, 0.25) is 0 Å². The second-order valence-electron chi connectivity index (χ2n) is 3.63. The van der Waals surface area contributed by atoms with Crippen molar-refractivity contribution in [3.63, 3.8) is 0 Å². The van der Waals surface area contributed by atoms with E-state index in [4.69, 9.17) is 33.2 Å². The van der Waals surface area contributed by atoms with Crippen molar-refractivity contribution >= 4 is 29.2 Å². The molecule has 0 aliphatic heterocycles. The minimum absolute atomic E-state index is 0.144. The topological polar surface area (TPSA) is 50.1 Å². The molecule has 0 saturated heterocycles. The molecule has 0 saturated carbocycles. The van der Waals surface area contributed by atoms with Gasteiger partial charge in [-0.2, -0.15) is 5.26 Å². The predicted octanol–water partition coefficient (Wildman–Crippen LogP) is 4.08. The molecule has 0 unspecified atom stereocenters. The Morgan fingerprint density at radius 3 is 2.63 bits per heavy atom. The average Bonchev–Trinajstić information content (AvgIpc) is 2.42. The molecule has 0 aromatic heterocycles. The Labute approximate surface area is 119 Å². The highest BCUT2D eigenvalue weighted by molar-refractivity contribution is 6.43. The molecular weight excluding hydrogens is 285 g/mol. The third kappa shape index (κ3) is 3.05. The Hall–Kier alpha value is -2.02. The monoisotopic (exact) mass is 291 g/mol. The number of rotatable bonds is 2. The summed E-state index contributed by atoms with van der Waals surface area (Å²) in [6, 6.07) is 13.0. The third-order valence-corrected chi connectivity index (χ3v) is 3.16. The van der Waals surface area contributed by atoms with Crippen LogP contribution in [0.15, 0.2) is 42.5 Å². The first-order valence-electron chi connectivity index (χ1n) is 5.28. The van der Waals surface area contributed by atoms with E-state index in [2.05, 4.69) is 0 Å². The van der Waals surface area contributed by atoms with Gasteiger partial charge in [-0.1, -0.05) is 35.3 Å². The summed E-state index contributed by atoms with van der Waals surface area (Å²) < 4.78 is 5.15. The number of esters is 1. The highest BCUT2D eigenvalue weighted by Crippen LogP contribution is 2.26. The zero-order valence-corrected chi connectivity index (χ0v) is 11.1. The van der Waals surface area contributed by atoms with E-state index < -0.39 is 5.97 Å². The summed E-state index contributed by atoms with van der Waals surface area (Å²) in [5.41, 5.74) is 0.582. The summed E-state index contributed by atoms with van der Waals surface area (Å²) in [6.45, 7) is 0. The van der Waals surface area contributed by atoms with E-state index in [0.29, 0.717) is 5.56 Å². The zero-order valence-electron chi connectivity index (χ0n) is 9.56. The van der Waals surface area contributed by atoms with Crippen LogP contribution in [-0.2, 0) is 0 Å². The van der Waals surface area contributed by atoms with Crippen LogP contribution in [0.3, 0.4) is 0 Å². The van der Waals surface area contributed by atoms with Gasteiger partial charge in [0.15, 0.2) is 0 Å². The highest BCUT2D eigenvalue weighted by Gasteiger charge is 2.14. The molecular formula is C14H7Cl2NO2. The maximum Gasteiger partial charge on any atom is 0.345 e. The van der Waals surface area contributed by atoms with Crippen molar-refractivity contribution in [3.05, 3.63) is 63.6 Å². The number of carbonyl (C=O) groups excluding carboxylic acids is 1. The highest BCUT2D eigenvalue weighted by atomic mass is 35.5. The van der Waals surface area contributed by atoms with Gasteiger partial charge in [0, 0.05) is 0 Å². The number of nitrogens with zero attached hydrogens (tertiary/aromatic N) is 1. The number of hydrogen-bond donors (Lipinski definition) is 0. The van der Waals surface area contributed by atoms with Crippen LogP contribution in [0.25, 0.3) is 0 Å². The van der Waals surface area contributed by atoms with E-state index in [1.54, 1.807) is 30.3 Å². The molecule has 2 rings (SSSR count). The number of benzene rings is 2. The summed E-state index contributed by atoms with van der Waals surface area (Å²) in [7, 11) is 0. The van der Waals surface area contributed by atoms with Gasteiger partial charge >= 0.3 is 5.97 Å². The molecule has 5 heteroatoms. The lowest BCUT2D eigenvalue weighted by atomic mass is 10.2. The Morgan fingerprint density at radius 1 is 1.16 bits per heavy atom. The smallest absolute Gasteiger partial charge is 0.345 e. The van der Waals surface area contributed by atoms with Crippen LogP contribution >= 0.6 is 23.2 Å². The first-order chi connectivity index (χ1) is 9.11. The molecule has 0 amide bonds. The van der Waals surface area contributed by atoms with E-state index in [9.17, 15) is 4.79 Å². The number of carbonyl (C=O) groups is 1. The zero-order chi connectivity index (χ0) is 13.8. The molecule has 2 aromatic carbocycles. The molecule has 0 N–H and O–H groups in total. The molecule has 0 fully saturated rings. The lowest BCUT2D eigenvalue weighted by Crippen LogP contribution is -2.09.